The fraction of sp³-hybridized carbons (Fsp3) is 0.500. The second-order valence-electron chi connectivity index (χ2n) is 7.49. The highest BCUT2D eigenvalue weighted by Gasteiger charge is 2.46. The van der Waals surface area contributed by atoms with Crippen LogP contribution in [0.2, 0.25) is 0 Å². The molecule has 6 heteroatoms. The largest absolute Gasteiger partial charge is 0.350 e. The summed E-state index contributed by atoms with van der Waals surface area (Å²) in [7, 11) is 0. The van der Waals surface area contributed by atoms with E-state index in [1.165, 1.54) is 12.0 Å². The van der Waals surface area contributed by atoms with E-state index in [0.29, 0.717) is 18.6 Å². The molecule has 4 heterocycles. The molecule has 0 saturated carbocycles. The van der Waals surface area contributed by atoms with E-state index in [4.69, 9.17) is 0 Å². The number of aromatic nitrogens is 2. The van der Waals surface area contributed by atoms with Gasteiger partial charge < -0.3 is 9.88 Å². The fourth-order valence-electron chi connectivity index (χ4n) is 4.81. The molecule has 3 aliphatic heterocycles. The monoisotopic (exact) mass is 368 g/mol. The number of imidazole rings is 1. The summed E-state index contributed by atoms with van der Waals surface area (Å²) >= 11 is 1.79. The van der Waals surface area contributed by atoms with Gasteiger partial charge in [0.15, 0.2) is 5.16 Å². The Labute approximate surface area is 158 Å². The van der Waals surface area contributed by atoms with Gasteiger partial charge in [0.1, 0.15) is 0 Å². The van der Waals surface area contributed by atoms with Crippen LogP contribution in [0.25, 0.3) is 0 Å². The van der Waals surface area contributed by atoms with Crippen LogP contribution in [-0.2, 0) is 17.9 Å². The van der Waals surface area contributed by atoms with Crippen LogP contribution < -0.4 is 5.32 Å². The van der Waals surface area contributed by atoms with E-state index in [-0.39, 0.29) is 11.8 Å². The SMILES string of the molecule is O=C(NCc1cn2c(n1)SCC2)[C@@H]1C[C@H](c2ccccc2)N2CCC[C@@H]12. The number of nitrogens with zero attached hydrogens (tertiary/aromatic N) is 3. The Morgan fingerprint density at radius 2 is 2.15 bits per heavy atom. The van der Waals surface area contributed by atoms with Gasteiger partial charge in [0, 0.05) is 30.6 Å². The molecular weight excluding hydrogens is 344 g/mol. The van der Waals surface area contributed by atoms with Crippen LogP contribution in [0, 0.1) is 5.92 Å². The van der Waals surface area contributed by atoms with E-state index in [2.05, 4.69) is 56.3 Å². The maximum Gasteiger partial charge on any atom is 0.225 e. The summed E-state index contributed by atoms with van der Waals surface area (Å²) in [6, 6.07) is 11.4. The lowest BCUT2D eigenvalue weighted by atomic mass is 9.93. The lowest BCUT2D eigenvalue weighted by Gasteiger charge is -2.24. The fourth-order valence-corrected chi connectivity index (χ4v) is 5.77. The van der Waals surface area contributed by atoms with Crippen LogP contribution in [0.15, 0.2) is 41.7 Å². The van der Waals surface area contributed by atoms with Crippen molar-refractivity contribution in [3.8, 4) is 0 Å². The number of hydrogen-bond acceptors (Lipinski definition) is 4. The molecule has 2 saturated heterocycles. The predicted molar refractivity (Wildman–Crippen MR) is 102 cm³/mol. The van der Waals surface area contributed by atoms with Crippen LogP contribution in [0.1, 0.15) is 36.6 Å². The number of aryl methyl sites for hydroxylation is 1. The second-order valence-corrected chi connectivity index (χ2v) is 8.55. The molecule has 0 unspecified atom stereocenters. The molecule has 136 valence electrons. The standard InChI is InChI=1S/C20H24N4OS/c25-19(21-12-15-13-23-9-10-26-20(23)22-15)16-11-18(14-5-2-1-3-6-14)24-8-4-7-17(16)24/h1-3,5-6,13,16-18H,4,7-12H2,(H,21,25)/t16-,17+,18-/m1/s1. The average Bonchev–Trinajstić information content (AvgIpc) is 3.40. The first kappa shape index (κ1) is 16.4. The Hall–Kier alpha value is -1.79. The number of amides is 1. The van der Waals surface area contributed by atoms with Gasteiger partial charge in [-0.15, -0.1) is 0 Å². The molecule has 0 aliphatic carbocycles. The number of rotatable bonds is 4. The van der Waals surface area contributed by atoms with E-state index >= 15 is 0 Å². The number of hydrogen-bond donors (Lipinski definition) is 1. The van der Waals surface area contributed by atoms with Crippen molar-refractivity contribution < 1.29 is 4.79 Å². The minimum absolute atomic E-state index is 0.0894. The third kappa shape index (κ3) is 2.85. The summed E-state index contributed by atoms with van der Waals surface area (Å²) in [5.74, 6) is 1.39. The minimum atomic E-state index is 0.0894. The number of carbonyl (C=O) groups is 1. The number of nitrogens with one attached hydrogen (secondary N) is 1. The topological polar surface area (TPSA) is 50.2 Å². The third-order valence-electron chi connectivity index (χ3n) is 6.00. The van der Waals surface area contributed by atoms with Crippen LogP contribution in [0.5, 0.6) is 0 Å². The highest BCUT2D eigenvalue weighted by molar-refractivity contribution is 7.99. The first-order valence-electron chi connectivity index (χ1n) is 9.57. The molecule has 0 radical (unpaired) electrons. The predicted octanol–water partition coefficient (Wildman–Crippen LogP) is 2.83. The zero-order valence-corrected chi connectivity index (χ0v) is 15.6. The molecule has 3 aliphatic rings. The van der Waals surface area contributed by atoms with Gasteiger partial charge >= 0.3 is 0 Å². The second kappa shape index (κ2) is 6.74. The van der Waals surface area contributed by atoms with E-state index in [9.17, 15) is 4.79 Å². The van der Waals surface area contributed by atoms with Crippen molar-refractivity contribution in [2.45, 2.75) is 49.6 Å². The van der Waals surface area contributed by atoms with Crippen molar-refractivity contribution in [3.05, 3.63) is 47.8 Å². The van der Waals surface area contributed by atoms with Crippen LogP contribution in [0.4, 0.5) is 0 Å². The van der Waals surface area contributed by atoms with E-state index in [1.54, 1.807) is 11.8 Å². The normalized spacial score (nSPS) is 27.5. The quantitative estimate of drug-likeness (QED) is 0.902. The van der Waals surface area contributed by atoms with Crippen molar-refractivity contribution >= 4 is 17.7 Å². The summed E-state index contributed by atoms with van der Waals surface area (Å²) in [5.41, 5.74) is 2.32. The van der Waals surface area contributed by atoms with Crippen molar-refractivity contribution in [1.82, 2.24) is 19.8 Å². The third-order valence-corrected chi connectivity index (χ3v) is 6.97. The summed E-state index contributed by atoms with van der Waals surface area (Å²) in [6.07, 6.45) is 5.34. The van der Waals surface area contributed by atoms with Crippen LogP contribution in [0.3, 0.4) is 0 Å². The molecule has 1 N–H and O–H groups in total. The van der Waals surface area contributed by atoms with Gasteiger partial charge in [-0.3, -0.25) is 9.69 Å². The van der Waals surface area contributed by atoms with Gasteiger partial charge in [0.25, 0.3) is 0 Å². The Bertz CT molecular complexity index is 784. The van der Waals surface area contributed by atoms with Crippen molar-refractivity contribution in [1.29, 1.82) is 0 Å². The molecule has 0 spiro atoms. The molecule has 1 aromatic carbocycles. The van der Waals surface area contributed by atoms with E-state index in [1.807, 2.05) is 0 Å². The maximum atomic E-state index is 12.9. The van der Waals surface area contributed by atoms with Crippen molar-refractivity contribution in [3.63, 3.8) is 0 Å². The number of benzene rings is 1. The molecular formula is C20H24N4OS. The molecule has 1 aromatic heterocycles. The lowest BCUT2D eigenvalue weighted by molar-refractivity contribution is -0.125. The van der Waals surface area contributed by atoms with Gasteiger partial charge in [-0.25, -0.2) is 4.98 Å². The van der Waals surface area contributed by atoms with Crippen LogP contribution >= 0.6 is 11.8 Å². The van der Waals surface area contributed by atoms with Gasteiger partial charge in [-0.05, 0) is 31.4 Å². The summed E-state index contributed by atoms with van der Waals surface area (Å²) in [5, 5.41) is 4.25. The highest BCUT2D eigenvalue weighted by Crippen LogP contribution is 2.44. The molecule has 1 amide bonds. The molecule has 0 bridgehead atoms. The lowest BCUT2D eigenvalue weighted by Crippen LogP contribution is -2.37. The van der Waals surface area contributed by atoms with Gasteiger partial charge in [0.05, 0.1) is 18.2 Å². The minimum Gasteiger partial charge on any atom is -0.350 e. The summed E-state index contributed by atoms with van der Waals surface area (Å²) in [6.45, 7) is 2.68. The molecule has 5 rings (SSSR count). The Kier molecular flexibility index (Phi) is 4.25. The first-order valence-corrected chi connectivity index (χ1v) is 10.6. The average molecular weight is 369 g/mol. The van der Waals surface area contributed by atoms with E-state index in [0.717, 1.165) is 42.5 Å². The van der Waals surface area contributed by atoms with Crippen molar-refractivity contribution in [2.75, 3.05) is 12.3 Å². The van der Waals surface area contributed by atoms with Gasteiger partial charge in [-0.1, -0.05) is 42.1 Å². The molecule has 3 atom stereocenters. The molecule has 2 aromatic rings. The number of carbonyl (C=O) groups excluding carboxylic acids is 1. The smallest absolute Gasteiger partial charge is 0.225 e. The Morgan fingerprint density at radius 3 is 3.00 bits per heavy atom. The number of thioether (sulfide) groups is 1. The first-order chi connectivity index (χ1) is 12.8. The number of fused-ring (bicyclic) bond motifs is 2. The Balaban J connectivity index is 1.27. The summed E-state index contributed by atoms with van der Waals surface area (Å²) < 4.78 is 2.19. The summed E-state index contributed by atoms with van der Waals surface area (Å²) in [4.78, 5) is 20.1. The van der Waals surface area contributed by atoms with Gasteiger partial charge in [0.2, 0.25) is 5.91 Å². The zero-order chi connectivity index (χ0) is 17.5. The molecule has 2 fully saturated rings. The van der Waals surface area contributed by atoms with Crippen LogP contribution in [-0.4, -0.2) is 38.7 Å². The van der Waals surface area contributed by atoms with Crippen molar-refractivity contribution in [2.24, 2.45) is 5.92 Å². The molecule has 5 nitrogen and oxygen atoms in total. The van der Waals surface area contributed by atoms with Gasteiger partial charge in [-0.2, -0.15) is 0 Å². The van der Waals surface area contributed by atoms with E-state index < -0.39 is 0 Å². The highest BCUT2D eigenvalue weighted by atomic mass is 32.2. The Morgan fingerprint density at radius 1 is 1.27 bits per heavy atom. The molecule has 26 heavy (non-hydrogen) atoms. The zero-order valence-electron chi connectivity index (χ0n) is 14.8. The maximum absolute atomic E-state index is 12.9.